The molecule has 0 saturated carbocycles. The van der Waals surface area contributed by atoms with Crippen molar-refractivity contribution in [2.75, 3.05) is 0 Å². The second kappa shape index (κ2) is 7.14. The molecule has 0 bridgehead atoms. The lowest BCUT2D eigenvalue weighted by atomic mass is 9.99. The highest BCUT2D eigenvalue weighted by Crippen LogP contribution is 2.27. The van der Waals surface area contributed by atoms with Gasteiger partial charge in [0.25, 0.3) is 5.56 Å². The third-order valence-electron chi connectivity index (χ3n) is 4.21. The Kier molecular flexibility index (Phi) is 4.75. The minimum Gasteiger partial charge on any atom is -0.281 e. The number of nitrogens with zero attached hydrogens (tertiary/aromatic N) is 2. The van der Waals surface area contributed by atoms with Crippen molar-refractivity contribution >= 4 is 16.5 Å². The molecule has 0 spiro atoms. The highest BCUT2D eigenvalue weighted by Gasteiger charge is 2.14. The van der Waals surface area contributed by atoms with Gasteiger partial charge in [0, 0.05) is 29.3 Å². The first-order chi connectivity index (χ1) is 12.2. The van der Waals surface area contributed by atoms with Crippen molar-refractivity contribution in [3.63, 3.8) is 0 Å². The highest BCUT2D eigenvalue weighted by atomic mass is 16.1. The average Bonchev–Trinajstić information content (AvgIpc) is 2.66. The summed E-state index contributed by atoms with van der Waals surface area (Å²) >= 11 is 0. The van der Waals surface area contributed by atoms with E-state index in [1.165, 1.54) is 0 Å². The lowest BCUT2D eigenvalue weighted by Crippen LogP contribution is -2.23. The van der Waals surface area contributed by atoms with E-state index < -0.39 is 0 Å². The summed E-state index contributed by atoms with van der Waals surface area (Å²) in [5.74, 6) is 0. The van der Waals surface area contributed by atoms with Crippen LogP contribution in [0.4, 0.5) is 0 Å². The molecule has 0 aliphatic carbocycles. The normalized spacial score (nSPS) is 11.5. The zero-order chi connectivity index (χ0) is 17.8. The molecule has 0 aliphatic heterocycles. The SMILES string of the molecule is C=C/C=C(\C=C)n1c(CC)cc2cccc(-c3cccnc3)c2c1=O. The largest absolute Gasteiger partial charge is 0.281 e. The summed E-state index contributed by atoms with van der Waals surface area (Å²) in [6.45, 7) is 9.62. The van der Waals surface area contributed by atoms with E-state index >= 15 is 0 Å². The maximum atomic E-state index is 13.4. The van der Waals surface area contributed by atoms with Crippen molar-refractivity contribution in [3.8, 4) is 11.1 Å². The van der Waals surface area contributed by atoms with E-state index in [1.54, 1.807) is 35.2 Å². The molecule has 0 amide bonds. The first-order valence-electron chi connectivity index (χ1n) is 8.24. The van der Waals surface area contributed by atoms with Gasteiger partial charge >= 0.3 is 0 Å². The molecule has 124 valence electrons. The van der Waals surface area contributed by atoms with Gasteiger partial charge in [-0.2, -0.15) is 0 Å². The molecule has 25 heavy (non-hydrogen) atoms. The number of hydrogen-bond donors (Lipinski definition) is 0. The first-order valence-corrected chi connectivity index (χ1v) is 8.24. The molecule has 0 N–H and O–H groups in total. The summed E-state index contributed by atoms with van der Waals surface area (Å²) in [5.41, 5.74) is 3.42. The Labute approximate surface area is 147 Å². The Morgan fingerprint density at radius 3 is 2.72 bits per heavy atom. The van der Waals surface area contributed by atoms with Crippen LogP contribution >= 0.6 is 0 Å². The Morgan fingerprint density at radius 2 is 2.08 bits per heavy atom. The summed E-state index contributed by atoms with van der Waals surface area (Å²) in [4.78, 5) is 17.6. The van der Waals surface area contributed by atoms with E-state index in [0.29, 0.717) is 5.39 Å². The zero-order valence-electron chi connectivity index (χ0n) is 14.3. The monoisotopic (exact) mass is 328 g/mol. The maximum Gasteiger partial charge on any atom is 0.263 e. The molecule has 3 nitrogen and oxygen atoms in total. The van der Waals surface area contributed by atoms with Crippen LogP contribution < -0.4 is 5.56 Å². The fourth-order valence-electron chi connectivity index (χ4n) is 3.08. The van der Waals surface area contributed by atoms with Crippen LogP contribution in [0.2, 0.25) is 0 Å². The van der Waals surface area contributed by atoms with Crippen LogP contribution in [0.5, 0.6) is 0 Å². The smallest absolute Gasteiger partial charge is 0.263 e. The first kappa shape index (κ1) is 16.7. The minimum absolute atomic E-state index is 0.0539. The highest BCUT2D eigenvalue weighted by molar-refractivity contribution is 5.96. The lowest BCUT2D eigenvalue weighted by molar-refractivity contribution is 0.912. The topological polar surface area (TPSA) is 34.9 Å². The second-order valence-electron chi connectivity index (χ2n) is 5.67. The van der Waals surface area contributed by atoms with E-state index in [9.17, 15) is 4.79 Å². The number of benzene rings is 1. The zero-order valence-corrected chi connectivity index (χ0v) is 14.3. The predicted octanol–water partition coefficient (Wildman–Crippen LogP) is 4.84. The van der Waals surface area contributed by atoms with Gasteiger partial charge in [0.15, 0.2) is 0 Å². The number of rotatable bonds is 5. The van der Waals surface area contributed by atoms with Crippen LogP contribution in [0, 0.1) is 0 Å². The minimum atomic E-state index is -0.0539. The Balaban J connectivity index is 2.45. The number of hydrogen-bond acceptors (Lipinski definition) is 2. The molecule has 0 fully saturated rings. The van der Waals surface area contributed by atoms with Crippen LogP contribution in [0.1, 0.15) is 12.6 Å². The van der Waals surface area contributed by atoms with Gasteiger partial charge in [0.1, 0.15) is 0 Å². The van der Waals surface area contributed by atoms with Crippen molar-refractivity contribution in [2.45, 2.75) is 13.3 Å². The molecule has 2 heterocycles. The van der Waals surface area contributed by atoms with Gasteiger partial charge in [-0.15, -0.1) is 0 Å². The molecule has 3 rings (SSSR count). The van der Waals surface area contributed by atoms with Crippen molar-refractivity contribution in [1.29, 1.82) is 0 Å². The Morgan fingerprint density at radius 1 is 1.24 bits per heavy atom. The van der Waals surface area contributed by atoms with Gasteiger partial charge < -0.3 is 0 Å². The molecule has 0 atom stereocenters. The van der Waals surface area contributed by atoms with Gasteiger partial charge in [-0.3, -0.25) is 14.3 Å². The van der Waals surface area contributed by atoms with E-state index in [-0.39, 0.29) is 5.56 Å². The van der Waals surface area contributed by atoms with Gasteiger partial charge in [-0.25, -0.2) is 0 Å². The van der Waals surface area contributed by atoms with Crippen LogP contribution in [0.15, 0.2) is 85.0 Å². The molecule has 0 unspecified atom stereocenters. The quantitative estimate of drug-likeness (QED) is 0.628. The number of aryl methyl sites for hydroxylation is 1. The van der Waals surface area contributed by atoms with Gasteiger partial charge in [0.05, 0.1) is 5.39 Å². The van der Waals surface area contributed by atoms with Crippen LogP contribution in [0.3, 0.4) is 0 Å². The summed E-state index contributed by atoms with van der Waals surface area (Å²) in [7, 11) is 0. The average molecular weight is 328 g/mol. The Bertz CT molecular complexity index is 1030. The van der Waals surface area contributed by atoms with Crippen LogP contribution in [-0.2, 0) is 6.42 Å². The van der Waals surface area contributed by atoms with Crippen molar-refractivity contribution in [2.24, 2.45) is 0 Å². The number of pyridine rings is 2. The van der Waals surface area contributed by atoms with Gasteiger partial charge in [0.2, 0.25) is 0 Å². The number of fused-ring (bicyclic) bond motifs is 1. The van der Waals surface area contributed by atoms with E-state index in [2.05, 4.69) is 24.2 Å². The fraction of sp³-hybridized carbons (Fsp3) is 0.0909. The summed E-state index contributed by atoms with van der Waals surface area (Å²) in [6, 6.07) is 11.8. The van der Waals surface area contributed by atoms with Crippen molar-refractivity contribution < 1.29 is 0 Å². The third-order valence-corrected chi connectivity index (χ3v) is 4.21. The van der Waals surface area contributed by atoms with Crippen molar-refractivity contribution in [3.05, 3.63) is 96.2 Å². The molecule has 3 aromatic rings. The Hall–Kier alpha value is -3.20. The van der Waals surface area contributed by atoms with E-state index in [1.807, 2.05) is 37.3 Å². The van der Waals surface area contributed by atoms with E-state index in [4.69, 9.17) is 0 Å². The van der Waals surface area contributed by atoms with Crippen molar-refractivity contribution in [1.82, 2.24) is 9.55 Å². The van der Waals surface area contributed by atoms with Gasteiger partial charge in [-0.1, -0.05) is 50.4 Å². The molecule has 3 heteroatoms. The lowest BCUT2D eigenvalue weighted by Gasteiger charge is -2.16. The number of allylic oxidation sites excluding steroid dienone is 4. The maximum absolute atomic E-state index is 13.4. The standard InChI is InChI=1S/C22H20N2O/c1-4-9-18(5-2)24-19(6-3)14-16-10-7-12-20(21(16)22(24)25)17-11-8-13-23-15-17/h4-5,7-15H,1-2,6H2,3H3/b18-9+. The predicted molar refractivity (Wildman–Crippen MR) is 105 cm³/mol. The summed E-state index contributed by atoms with van der Waals surface area (Å²) in [5, 5.41) is 1.62. The van der Waals surface area contributed by atoms with Crippen LogP contribution in [0.25, 0.3) is 27.6 Å². The molecule has 0 saturated heterocycles. The molecule has 0 aliphatic rings. The molecule has 1 aromatic carbocycles. The molecule has 2 aromatic heterocycles. The van der Waals surface area contributed by atoms with Crippen LogP contribution in [-0.4, -0.2) is 9.55 Å². The molecular weight excluding hydrogens is 308 g/mol. The van der Waals surface area contributed by atoms with Gasteiger partial charge in [-0.05, 0) is 41.7 Å². The second-order valence-corrected chi connectivity index (χ2v) is 5.67. The molecular formula is C22H20N2O. The van der Waals surface area contributed by atoms with E-state index in [0.717, 1.165) is 34.3 Å². The molecule has 0 radical (unpaired) electrons. The number of aromatic nitrogens is 2. The third kappa shape index (κ3) is 2.96. The summed E-state index contributed by atoms with van der Waals surface area (Å²) < 4.78 is 1.72. The summed E-state index contributed by atoms with van der Waals surface area (Å²) in [6.07, 6.45) is 9.39. The fourth-order valence-corrected chi connectivity index (χ4v) is 3.08.